The zero-order valence-corrected chi connectivity index (χ0v) is 12.2. The van der Waals surface area contributed by atoms with Crippen molar-refractivity contribution < 1.29 is 14.6 Å². The number of hydrogen-bond acceptors (Lipinski definition) is 4. The topological polar surface area (TPSA) is 58.6 Å². The largest absolute Gasteiger partial charge is 0.480 e. The Bertz CT molecular complexity index is 518. The number of carboxylic acids is 1. The molecular formula is C13H16ClNO3S. The van der Waals surface area contributed by atoms with Gasteiger partial charge < -0.3 is 15.2 Å². The van der Waals surface area contributed by atoms with Crippen molar-refractivity contribution in [2.75, 3.05) is 6.61 Å². The van der Waals surface area contributed by atoms with E-state index in [0.717, 1.165) is 22.1 Å². The molecule has 3 atom stereocenters. The third-order valence-electron chi connectivity index (χ3n) is 3.90. The highest BCUT2D eigenvalue weighted by molar-refractivity contribution is 7.16. The maximum Gasteiger partial charge on any atom is 0.320 e. The van der Waals surface area contributed by atoms with Gasteiger partial charge in [-0.2, -0.15) is 0 Å². The molecule has 6 heteroatoms. The van der Waals surface area contributed by atoms with Crippen LogP contribution in [0.4, 0.5) is 0 Å². The smallest absolute Gasteiger partial charge is 0.320 e. The number of carboxylic acid groups (broad SMARTS) is 1. The fourth-order valence-electron chi connectivity index (χ4n) is 3.22. The summed E-state index contributed by atoms with van der Waals surface area (Å²) in [5, 5.41) is 12.4. The van der Waals surface area contributed by atoms with Gasteiger partial charge in [0.25, 0.3) is 0 Å². The van der Waals surface area contributed by atoms with Crippen molar-refractivity contribution in [3.63, 3.8) is 0 Å². The Morgan fingerprint density at radius 3 is 3.16 bits per heavy atom. The van der Waals surface area contributed by atoms with E-state index in [9.17, 15) is 9.90 Å². The van der Waals surface area contributed by atoms with Crippen molar-refractivity contribution in [2.45, 2.75) is 43.9 Å². The van der Waals surface area contributed by atoms with Crippen molar-refractivity contribution in [2.24, 2.45) is 0 Å². The van der Waals surface area contributed by atoms with Crippen molar-refractivity contribution in [3.8, 4) is 0 Å². The van der Waals surface area contributed by atoms with Crippen LogP contribution in [0.25, 0.3) is 0 Å². The number of thiophene rings is 1. The van der Waals surface area contributed by atoms with Crippen LogP contribution in [0.15, 0.2) is 6.07 Å². The summed E-state index contributed by atoms with van der Waals surface area (Å²) in [6.45, 7) is 2.64. The molecule has 104 valence electrons. The summed E-state index contributed by atoms with van der Waals surface area (Å²) in [4.78, 5) is 12.4. The predicted molar refractivity (Wildman–Crippen MR) is 73.9 cm³/mol. The molecule has 4 nitrogen and oxygen atoms in total. The molecule has 0 aromatic carbocycles. The quantitative estimate of drug-likeness (QED) is 0.836. The second-order valence-corrected chi connectivity index (χ2v) is 7.05. The third-order valence-corrected chi connectivity index (χ3v) is 5.39. The molecule has 1 aromatic heterocycles. The van der Waals surface area contributed by atoms with Crippen LogP contribution < -0.4 is 5.32 Å². The lowest BCUT2D eigenvalue weighted by molar-refractivity contribution is -0.148. The van der Waals surface area contributed by atoms with Crippen LogP contribution in [0.5, 0.6) is 0 Å². The molecule has 2 aliphatic heterocycles. The number of aliphatic carboxylic acids is 1. The molecule has 1 saturated heterocycles. The van der Waals surface area contributed by atoms with Gasteiger partial charge >= 0.3 is 5.97 Å². The van der Waals surface area contributed by atoms with Crippen molar-refractivity contribution in [1.82, 2.24) is 5.32 Å². The first-order valence-corrected chi connectivity index (χ1v) is 7.61. The highest BCUT2D eigenvalue weighted by Crippen LogP contribution is 2.47. The van der Waals surface area contributed by atoms with Gasteiger partial charge in [0.1, 0.15) is 11.6 Å². The lowest BCUT2D eigenvalue weighted by Crippen LogP contribution is -2.55. The highest BCUT2D eigenvalue weighted by atomic mass is 35.5. The predicted octanol–water partition coefficient (Wildman–Crippen LogP) is 2.39. The van der Waals surface area contributed by atoms with Crippen LogP contribution in [0.2, 0.25) is 4.34 Å². The zero-order valence-electron chi connectivity index (χ0n) is 10.6. The molecule has 3 rings (SSSR count). The van der Waals surface area contributed by atoms with Gasteiger partial charge in [0.05, 0.1) is 10.9 Å². The first-order valence-electron chi connectivity index (χ1n) is 6.42. The van der Waals surface area contributed by atoms with Crippen LogP contribution in [0.1, 0.15) is 30.2 Å². The number of piperidine rings is 1. The second-order valence-electron chi connectivity index (χ2n) is 5.36. The Balaban J connectivity index is 2.00. The van der Waals surface area contributed by atoms with E-state index < -0.39 is 17.6 Å². The van der Waals surface area contributed by atoms with E-state index in [1.54, 1.807) is 0 Å². The van der Waals surface area contributed by atoms with E-state index in [1.807, 2.05) is 13.0 Å². The van der Waals surface area contributed by atoms with Gasteiger partial charge in [0.15, 0.2) is 0 Å². The zero-order chi connectivity index (χ0) is 13.6. The van der Waals surface area contributed by atoms with Crippen molar-refractivity contribution in [3.05, 3.63) is 20.8 Å². The number of carbonyl (C=O) groups is 1. The summed E-state index contributed by atoms with van der Waals surface area (Å²) in [5.41, 5.74) is 0.749. The van der Waals surface area contributed by atoms with E-state index >= 15 is 0 Å². The highest BCUT2D eigenvalue weighted by Gasteiger charge is 2.47. The second kappa shape index (κ2) is 4.74. The molecule has 0 saturated carbocycles. The molecule has 0 amide bonds. The fraction of sp³-hybridized carbons (Fsp3) is 0.615. The van der Waals surface area contributed by atoms with E-state index in [1.165, 1.54) is 16.9 Å². The van der Waals surface area contributed by atoms with E-state index in [4.69, 9.17) is 16.3 Å². The normalized spacial score (nSPS) is 34.2. The summed E-state index contributed by atoms with van der Waals surface area (Å²) < 4.78 is 6.80. The van der Waals surface area contributed by atoms with Crippen LogP contribution in [0.3, 0.4) is 0 Å². The van der Waals surface area contributed by atoms with Crippen molar-refractivity contribution in [1.29, 1.82) is 0 Å². The van der Waals surface area contributed by atoms with Crippen molar-refractivity contribution >= 4 is 28.9 Å². The maximum atomic E-state index is 11.3. The Morgan fingerprint density at radius 1 is 1.63 bits per heavy atom. The monoisotopic (exact) mass is 301 g/mol. The molecule has 0 bridgehead atoms. The molecule has 0 radical (unpaired) electrons. The molecule has 2 N–H and O–H groups in total. The van der Waals surface area contributed by atoms with Gasteiger partial charge in [-0.05, 0) is 31.4 Å². The van der Waals surface area contributed by atoms with Crippen LogP contribution in [-0.2, 0) is 21.6 Å². The minimum absolute atomic E-state index is 0.113. The molecular weight excluding hydrogens is 286 g/mol. The van der Waals surface area contributed by atoms with Crippen LogP contribution >= 0.6 is 22.9 Å². The number of hydrogen-bond donors (Lipinski definition) is 2. The Morgan fingerprint density at radius 2 is 2.42 bits per heavy atom. The average Bonchev–Trinajstić information content (AvgIpc) is 2.70. The Kier molecular flexibility index (Phi) is 3.33. The lowest BCUT2D eigenvalue weighted by Gasteiger charge is -2.45. The van der Waals surface area contributed by atoms with Gasteiger partial charge in [-0.25, -0.2) is 0 Å². The molecule has 0 unspecified atom stereocenters. The van der Waals surface area contributed by atoms with E-state index in [0.29, 0.717) is 13.0 Å². The summed E-state index contributed by atoms with van der Waals surface area (Å²) in [6, 6.07) is 1.55. The molecule has 2 aliphatic rings. The van der Waals surface area contributed by atoms with E-state index in [-0.39, 0.29) is 6.04 Å². The minimum atomic E-state index is -0.815. The van der Waals surface area contributed by atoms with Gasteiger partial charge in [0.2, 0.25) is 0 Å². The number of nitrogens with one attached hydrogen (secondary N) is 1. The fourth-order valence-corrected chi connectivity index (χ4v) is 4.68. The minimum Gasteiger partial charge on any atom is -0.480 e. The number of fused-ring (bicyclic) bond motifs is 2. The van der Waals surface area contributed by atoms with Crippen LogP contribution in [-0.4, -0.2) is 29.8 Å². The van der Waals surface area contributed by atoms with Gasteiger partial charge in [0, 0.05) is 17.3 Å². The molecule has 3 heterocycles. The summed E-state index contributed by atoms with van der Waals surface area (Å²) in [7, 11) is 0. The standard InChI is InChI=1S/C13H16ClNO3S/c1-7-5-13(6-9(15-7)12(16)17)11-8(2-3-18-13)4-10(14)19-11/h4,7,9,15H,2-3,5-6H2,1H3,(H,16,17)/t7-,9+,13+/m1/s1. The molecule has 1 fully saturated rings. The lowest BCUT2D eigenvalue weighted by atomic mass is 9.80. The van der Waals surface area contributed by atoms with Gasteiger partial charge in [-0.3, -0.25) is 4.79 Å². The van der Waals surface area contributed by atoms with Gasteiger partial charge in [-0.15, -0.1) is 11.3 Å². The van der Waals surface area contributed by atoms with Crippen LogP contribution in [0, 0.1) is 0 Å². The molecule has 19 heavy (non-hydrogen) atoms. The number of halogens is 1. The first-order chi connectivity index (χ1) is 9.00. The first kappa shape index (κ1) is 13.4. The van der Waals surface area contributed by atoms with Gasteiger partial charge in [-0.1, -0.05) is 11.6 Å². The average molecular weight is 302 g/mol. The maximum absolute atomic E-state index is 11.3. The Hall–Kier alpha value is -0.620. The summed E-state index contributed by atoms with van der Waals surface area (Å²) in [5.74, 6) is -0.815. The molecule has 1 aromatic rings. The third kappa shape index (κ3) is 2.29. The molecule has 1 spiro atoms. The summed E-state index contributed by atoms with van der Waals surface area (Å²) >= 11 is 7.65. The Labute approximate surface area is 120 Å². The van der Waals surface area contributed by atoms with E-state index in [2.05, 4.69) is 5.32 Å². The number of rotatable bonds is 1. The summed E-state index contributed by atoms with van der Waals surface area (Å²) in [6.07, 6.45) is 2.12. The molecule has 0 aliphatic carbocycles. The number of ether oxygens (including phenoxy) is 1. The SMILES string of the molecule is C[C@@H]1C[C@@]2(C[C@@H](C(=O)O)N1)OCCc1cc(Cl)sc12.